The Kier molecular flexibility index (Phi) is 5.37. The quantitative estimate of drug-likeness (QED) is 0.574. The number of fused-ring (bicyclic) bond motifs is 1. The van der Waals surface area contributed by atoms with Crippen molar-refractivity contribution in [3.8, 4) is 23.8 Å². The van der Waals surface area contributed by atoms with E-state index in [-0.39, 0.29) is 23.9 Å². The number of urea groups is 1. The molecule has 1 aromatic heterocycles. The number of anilines is 2. The van der Waals surface area contributed by atoms with Gasteiger partial charge in [-0.2, -0.15) is 13.9 Å². The average Bonchev–Trinajstić information content (AvgIpc) is 3.03. The lowest BCUT2D eigenvalue weighted by Crippen LogP contribution is -2.20. The topological polar surface area (TPSA) is 88.3 Å². The molecule has 2 aromatic carbocycles. The van der Waals surface area contributed by atoms with E-state index < -0.39 is 12.6 Å². The number of hydrogen-bond acceptors (Lipinski definition) is 4. The lowest BCUT2D eigenvalue weighted by molar-refractivity contribution is -0.0493. The number of aromatic amines is 1. The number of terminal acetylenes is 1. The fraction of sp³-hybridized carbons (Fsp3) is 0.111. The summed E-state index contributed by atoms with van der Waals surface area (Å²) in [6.45, 7) is -2.90. The van der Waals surface area contributed by atoms with E-state index in [0.717, 1.165) is 0 Å². The van der Waals surface area contributed by atoms with Crippen LogP contribution in [0.25, 0.3) is 10.9 Å². The van der Waals surface area contributed by atoms with Crippen LogP contribution in [0.2, 0.25) is 0 Å². The molecule has 3 N–H and O–H groups in total. The molecule has 27 heavy (non-hydrogen) atoms. The number of alkyl halides is 2. The van der Waals surface area contributed by atoms with E-state index >= 15 is 0 Å². The number of amides is 2. The number of nitrogens with zero attached hydrogens (tertiary/aromatic N) is 1. The summed E-state index contributed by atoms with van der Waals surface area (Å²) in [5.74, 6) is 2.96. The Bertz CT molecular complexity index is 998. The first-order chi connectivity index (χ1) is 13.1. The molecule has 7 nitrogen and oxygen atoms in total. The standard InChI is InChI=1S/C18H14F2N4O3/c1-2-9-26-11-7-8-13-12(10-11)16(24-23-13)22-18(25)21-14-5-3-4-6-15(14)27-17(19)20/h1,3-8,10,17H,9H2,(H3,21,22,23,24,25). The van der Waals surface area contributed by atoms with Crippen molar-refractivity contribution in [2.45, 2.75) is 6.61 Å². The van der Waals surface area contributed by atoms with Gasteiger partial charge in [0.05, 0.1) is 11.2 Å². The van der Waals surface area contributed by atoms with Crippen LogP contribution in [0.3, 0.4) is 0 Å². The van der Waals surface area contributed by atoms with Gasteiger partial charge in [-0.1, -0.05) is 18.1 Å². The second kappa shape index (κ2) is 8.05. The third-order valence-electron chi connectivity index (χ3n) is 3.44. The van der Waals surface area contributed by atoms with E-state index in [0.29, 0.717) is 16.7 Å². The van der Waals surface area contributed by atoms with Crippen molar-refractivity contribution in [3.05, 3.63) is 42.5 Å². The largest absolute Gasteiger partial charge is 0.481 e. The molecule has 0 saturated carbocycles. The zero-order valence-corrected chi connectivity index (χ0v) is 13.8. The zero-order valence-electron chi connectivity index (χ0n) is 13.8. The van der Waals surface area contributed by atoms with Gasteiger partial charge in [-0.15, -0.1) is 6.42 Å². The van der Waals surface area contributed by atoms with Gasteiger partial charge in [0.2, 0.25) is 0 Å². The third kappa shape index (κ3) is 4.43. The van der Waals surface area contributed by atoms with Crippen LogP contribution in [0.5, 0.6) is 11.5 Å². The van der Waals surface area contributed by atoms with E-state index in [1.807, 2.05) is 0 Å². The fourth-order valence-corrected chi connectivity index (χ4v) is 2.33. The predicted octanol–water partition coefficient (Wildman–Crippen LogP) is 3.82. The highest BCUT2D eigenvalue weighted by Gasteiger charge is 2.14. The average molecular weight is 372 g/mol. The van der Waals surface area contributed by atoms with Gasteiger partial charge in [-0.05, 0) is 30.3 Å². The van der Waals surface area contributed by atoms with Gasteiger partial charge in [-0.25, -0.2) is 4.79 Å². The number of halogens is 2. The zero-order chi connectivity index (χ0) is 19.2. The molecular formula is C18H14F2N4O3. The molecule has 0 fully saturated rings. The molecule has 0 atom stereocenters. The summed E-state index contributed by atoms with van der Waals surface area (Å²) in [6.07, 6.45) is 5.16. The number of benzene rings is 2. The molecule has 138 valence electrons. The molecule has 2 amide bonds. The molecule has 3 aromatic rings. The maximum absolute atomic E-state index is 12.5. The minimum atomic E-state index is -3.01. The lowest BCUT2D eigenvalue weighted by Gasteiger charge is -2.11. The molecule has 0 radical (unpaired) electrons. The summed E-state index contributed by atoms with van der Waals surface area (Å²) >= 11 is 0. The Morgan fingerprint density at radius 2 is 2.07 bits per heavy atom. The second-order valence-electron chi connectivity index (χ2n) is 5.23. The molecule has 0 unspecified atom stereocenters. The molecule has 9 heteroatoms. The molecule has 0 saturated heterocycles. The number of hydrogen-bond donors (Lipinski definition) is 3. The van der Waals surface area contributed by atoms with Gasteiger partial charge in [0.25, 0.3) is 0 Å². The number of para-hydroxylation sites is 2. The first kappa shape index (κ1) is 18.0. The fourth-order valence-electron chi connectivity index (χ4n) is 2.33. The monoisotopic (exact) mass is 372 g/mol. The normalized spacial score (nSPS) is 10.4. The molecule has 0 aliphatic rings. The molecule has 3 rings (SSSR count). The summed E-state index contributed by atoms with van der Waals surface area (Å²) in [4.78, 5) is 12.2. The Morgan fingerprint density at radius 1 is 1.26 bits per heavy atom. The van der Waals surface area contributed by atoms with E-state index in [1.54, 1.807) is 24.3 Å². The van der Waals surface area contributed by atoms with Crippen LogP contribution in [0.15, 0.2) is 42.5 Å². The van der Waals surface area contributed by atoms with Crippen LogP contribution >= 0.6 is 0 Å². The van der Waals surface area contributed by atoms with Crippen molar-refractivity contribution in [3.63, 3.8) is 0 Å². The molecule has 0 spiro atoms. The van der Waals surface area contributed by atoms with Gasteiger partial charge in [0.1, 0.15) is 18.1 Å². The van der Waals surface area contributed by atoms with E-state index in [4.69, 9.17) is 11.2 Å². The summed E-state index contributed by atoms with van der Waals surface area (Å²) in [6, 6.07) is 10.3. The summed E-state index contributed by atoms with van der Waals surface area (Å²) < 4.78 is 34.6. The van der Waals surface area contributed by atoms with Gasteiger partial charge >= 0.3 is 12.6 Å². The highest BCUT2D eigenvalue weighted by atomic mass is 19.3. The molecular weight excluding hydrogens is 358 g/mol. The Hall–Kier alpha value is -3.80. The smallest absolute Gasteiger partial charge is 0.387 e. The van der Waals surface area contributed by atoms with Crippen LogP contribution in [0, 0.1) is 12.3 Å². The third-order valence-corrected chi connectivity index (χ3v) is 3.44. The van der Waals surface area contributed by atoms with Crippen molar-refractivity contribution in [2.24, 2.45) is 0 Å². The van der Waals surface area contributed by atoms with Crippen molar-refractivity contribution in [2.75, 3.05) is 17.2 Å². The second-order valence-corrected chi connectivity index (χ2v) is 5.23. The number of carbonyl (C=O) groups is 1. The Labute approximate surface area is 152 Å². The van der Waals surface area contributed by atoms with E-state index in [1.165, 1.54) is 18.2 Å². The van der Waals surface area contributed by atoms with Gasteiger partial charge in [0, 0.05) is 5.39 Å². The van der Waals surface area contributed by atoms with Crippen LogP contribution in [-0.2, 0) is 0 Å². The summed E-state index contributed by atoms with van der Waals surface area (Å²) in [7, 11) is 0. The number of carbonyl (C=O) groups excluding carboxylic acids is 1. The number of nitrogens with one attached hydrogen (secondary N) is 3. The van der Waals surface area contributed by atoms with E-state index in [9.17, 15) is 13.6 Å². The minimum absolute atomic E-state index is 0.0909. The number of ether oxygens (including phenoxy) is 2. The number of H-pyrrole nitrogens is 1. The van der Waals surface area contributed by atoms with Crippen LogP contribution in [0.4, 0.5) is 25.1 Å². The van der Waals surface area contributed by atoms with Crippen LogP contribution in [0.1, 0.15) is 0 Å². The van der Waals surface area contributed by atoms with Crippen LogP contribution in [-0.4, -0.2) is 29.4 Å². The first-order valence-electron chi connectivity index (χ1n) is 7.73. The van der Waals surface area contributed by atoms with Gasteiger partial charge in [-0.3, -0.25) is 10.4 Å². The van der Waals surface area contributed by atoms with Crippen molar-refractivity contribution in [1.82, 2.24) is 10.2 Å². The summed E-state index contributed by atoms with van der Waals surface area (Å²) in [5, 5.41) is 12.4. The highest BCUT2D eigenvalue weighted by molar-refractivity contribution is 6.05. The number of aromatic nitrogens is 2. The van der Waals surface area contributed by atoms with E-state index in [2.05, 4.69) is 31.5 Å². The minimum Gasteiger partial charge on any atom is -0.481 e. The summed E-state index contributed by atoms with van der Waals surface area (Å²) in [5.41, 5.74) is 0.757. The lowest BCUT2D eigenvalue weighted by atomic mass is 10.2. The number of rotatable bonds is 6. The van der Waals surface area contributed by atoms with Crippen molar-refractivity contribution in [1.29, 1.82) is 0 Å². The maximum Gasteiger partial charge on any atom is 0.387 e. The Balaban J connectivity index is 1.76. The van der Waals surface area contributed by atoms with Gasteiger partial charge in [0.15, 0.2) is 5.82 Å². The predicted molar refractivity (Wildman–Crippen MR) is 96.1 cm³/mol. The maximum atomic E-state index is 12.5. The van der Waals surface area contributed by atoms with Crippen LogP contribution < -0.4 is 20.1 Å². The molecule has 1 heterocycles. The van der Waals surface area contributed by atoms with Crippen molar-refractivity contribution >= 4 is 28.4 Å². The SMILES string of the molecule is C#CCOc1ccc2[nH]nc(NC(=O)Nc3ccccc3OC(F)F)c2c1. The highest BCUT2D eigenvalue weighted by Crippen LogP contribution is 2.27. The molecule has 0 aliphatic heterocycles. The van der Waals surface area contributed by atoms with Crippen molar-refractivity contribution < 1.29 is 23.0 Å². The Morgan fingerprint density at radius 3 is 2.85 bits per heavy atom. The van der Waals surface area contributed by atoms with Gasteiger partial charge < -0.3 is 14.8 Å². The molecule has 0 bridgehead atoms. The molecule has 0 aliphatic carbocycles. The first-order valence-corrected chi connectivity index (χ1v) is 7.73.